The van der Waals surface area contributed by atoms with E-state index in [9.17, 15) is 5.11 Å². The zero-order valence-electron chi connectivity index (χ0n) is 12.2. The highest BCUT2D eigenvalue weighted by molar-refractivity contribution is 7.71. The molecule has 2 aromatic carbocycles. The van der Waals surface area contributed by atoms with Crippen molar-refractivity contribution in [3.05, 3.63) is 63.4 Å². The van der Waals surface area contributed by atoms with Gasteiger partial charge in [0.25, 0.3) is 0 Å². The highest BCUT2D eigenvalue weighted by Gasteiger charge is 2.08. The Morgan fingerprint density at radius 2 is 2.00 bits per heavy atom. The topological polar surface area (TPSA) is 66.2 Å². The van der Waals surface area contributed by atoms with Gasteiger partial charge in [0.05, 0.1) is 6.21 Å². The maximum absolute atomic E-state index is 9.84. The van der Waals surface area contributed by atoms with E-state index in [1.54, 1.807) is 12.1 Å². The van der Waals surface area contributed by atoms with E-state index in [0.717, 1.165) is 11.1 Å². The van der Waals surface area contributed by atoms with Crippen molar-refractivity contribution in [2.24, 2.45) is 5.10 Å². The summed E-state index contributed by atoms with van der Waals surface area (Å²) in [6, 6.07) is 12.6. The minimum Gasteiger partial charge on any atom is -0.507 e. The molecule has 5 nitrogen and oxygen atoms in total. The number of nitrogens with one attached hydrogen (secondary N) is 1. The first kappa shape index (κ1) is 15.5. The normalized spacial score (nSPS) is 11.2. The fourth-order valence-corrected chi connectivity index (χ4v) is 2.40. The lowest BCUT2D eigenvalue weighted by molar-refractivity contribution is 0.474. The van der Waals surface area contributed by atoms with E-state index in [1.807, 2.05) is 31.2 Å². The molecule has 0 radical (unpaired) electrons. The molecule has 2 N–H and O–H groups in total. The molecular weight excluding hydrogens is 332 g/mol. The van der Waals surface area contributed by atoms with Crippen LogP contribution in [0.2, 0.25) is 5.02 Å². The van der Waals surface area contributed by atoms with E-state index >= 15 is 0 Å². The molecule has 0 bridgehead atoms. The van der Waals surface area contributed by atoms with Crippen LogP contribution in [0.15, 0.2) is 47.6 Å². The number of H-pyrrole nitrogens is 1. The molecule has 0 unspecified atom stereocenters. The minimum atomic E-state index is 0.0880. The predicted octanol–water partition coefficient (Wildman–Crippen LogP) is 4.16. The number of hydrogen-bond acceptors (Lipinski definition) is 4. The number of aromatic nitrogens is 3. The lowest BCUT2D eigenvalue weighted by atomic mass is 10.1. The molecule has 0 aliphatic carbocycles. The number of aromatic hydroxyl groups is 1. The fraction of sp³-hybridized carbons (Fsp3) is 0.0625. The maximum Gasteiger partial charge on any atom is 0.216 e. The zero-order chi connectivity index (χ0) is 16.4. The van der Waals surface area contributed by atoms with Crippen LogP contribution in [0.4, 0.5) is 0 Å². The van der Waals surface area contributed by atoms with Gasteiger partial charge in [-0.3, -0.25) is 0 Å². The average molecular weight is 345 g/mol. The first-order valence-electron chi connectivity index (χ1n) is 6.82. The number of halogens is 1. The molecule has 7 heteroatoms. The van der Waals surface area contributed by atoms with Crippen LogP contribution in [0.1, 0.15) is 11.1 Å². The average Bonchev–Trinajstić information content (AvgIpc) is 2.90. The molecule has 0 fully saturated rings. The summed E-state index contributed by atoms with van der Waals surface area (Å²) in [5.74, 6) is 0.679. The smallest absolute Gasteiger partial charge is 0.216 e. The van der Waals surface area contributed by atoms with Crippen molar-refractivity contribution >= 4 is 30.0 Å². The highest BCUT2D eigenvalue weighted by atomic mass is 35.5. The minimum absolute atomic E-state index is 0.0880. The van der Waals surface area contributed by atoms with E-state index in [2.05, 4.69) is 15.3 Å². The van der Waals surface area contributed by atoms with Crippen molar-refractivity contribution in [1.29, 1.82) is 0 Å². The van der Waals surface area contributed by atoms with E-state index in [1.165, 1.54) is 17.0 Å². The Balaban J connectivity index is 2.02. The van der Waals surface area contributed by atoms with Crippen molar-refractivity contribution in [1.82, 2.24) is 14.9 Å². The number of benzene rings is 2. The van der Waals surface area contributed by atoms with Crippen molar-refractivity contribution in [3.8, 4) is 17.1 Å². The molecule has 23 heavy (non-hydrogen) atoms. The molecule has 0 aliphatic rings. The van der Waals surface area contributed by atoms with Gasteiger partial charge < -0.3 is 5.11 Å². The van der Waals surface area contributed by atoms with Crippen molar-refractivity contribution in [3.63, 3.8) is 0 Å². The van der Waals surface area contributed by atoms with Gasteiger partial charge in [0.1, 0.15) is 5.75 Å². The summed E-state index contributed by atoms with van der Waals surface area (Å²) in [4.78, 5) is 0. The van der Waals surface area contributed by atoms with Gasteiger partial charge in [-0.2, -0.15) is 14.9 Å². The van der Waals surface area contributed by atoms with Gasteiger partial charge in [-0.05, 0) is 37.3 Å². The molecule has 1 aromatic heterocycles. The molecule has 0 spiro atoms. The zero-order valence-corrected chi connectivity index (χ0v) is 13.8. The predicted molar refractivity (Wildman–Crippen MR) is 93.7 cm³/mol. The number of aryl methyl sites for hydroxylation is 1. The van der Waals surface area contributed by atoms with Crippen LogP contribution in [-0.4, -0.2) is 26.2 Å². The molecule has 3 aromatic rings. The summed E-state index contributed by atoms with van der Waals surface area (Å²) in [6.45, 7) is 2.01. The molecule has 0 saturated carbocycles. The molecule has 3 rings (SSSR count). The molecule has 116 valence electrons. The SMILES string of the molecule is Cc1ccc(-c2n[nH]c(=S)n2/N=C\c2cc(Cl)ccc2O)cc1. The first-order valence-corrected chi connectivity index (χ1v) is 7.60. The van der Waals surface area contributed by atoms with Crippen LogP contribution in [0, 0.1) is 11.7 Å². The Labute approximate surface area is 142 Å². The molecule has 1 heterocycles. The molecule has 0 aliphatic heterocycles. The Kier molecular flexibility index (Phi) is 4.27. The first-order chi connectivity index (χ1) is 11.0. The number of phenols is 1. The van der Waals surface area contributed by atoms with E-state index < -0.39 is 0 Å². The van der Waals surface area contributed by atoms with Crippen molar-refractivity contribution in [2.45, 2.75) is 6.92 Å². The number of hydrogen-bond donors (Lipinski definition) is 2. The fourth-order valence-electron chi connectivity index (χ4n) is 2.04. The number of aromatic amines is 1. The van der Waals surface area contributed by atoms with Gasteiger partial charge in [-0.15, -0.1) is 0 Å². The second kappa shape index (κ2) is 6.36. The van der Waals surface area contributed by atoms with Gasteiger partial charge in [-0.25, -0.2) is 5.10 Å². The van der Waals surface area contributed by atoms with Gasteiger partial charge >= 0.3 is 0 Å². The summed E-state index contributed by atoms with van der Waals surface area (Å²) in [5.41, 5.74) is 2.53. The highest BCUT2D eigenvalue weighted by Crippen LogP contribution is 2.21. The number of nitrogens with zero attached hydrogens (tertiary/aromatic N) is 3. The van der Waals surface area contributed by atoms with Crippen molar-refractivity contribution < 1.29 is 5.11 Å². The van der Waals surface area contributed by atoms with Gasteiger partial charge in [-0.1, -0.05) is 41.4 Å². The van der Waals surface area contributed by atoms with E-state index in [-0.39, 0.29) is 5.75 Å². The quantitative estimate of drug-likeness (QED) is 0.554. The Bertz CT molecular complexity index is 928. The Morgan fingerprint density at radius 3 is 2.74 bits per heavy atom. The lowest BCUT2D eigenvalue weighted by Crippen LogP contribution is -1.95. The van der Waals surface area contributed by atoms with Crippen LogP contribution in [0.5, 0.6) is 5.75 Å². The molecule has 0 saturated heterocycles. The second-order valence-electron chi connectivity index (χ2n) is 4.98. The third kappa shape index (κ3) is 3.33. The van der Waals surface area contributed by atoms with Crippen molar-refractivity contribution in [2.75, 3.05) is 0 Å². The summed E-state index contributed by atoms with van der Waals surface area (Å²) >= 11 is 11.1. The standard InChI is InChI=1S/C16H13ClN4OS/c1-10-2-4-11(5-3-10)15-19-20-16(23)21(15)18-9-12-8-13(17)6-7-14(12)22/h2-9,22H,1H3,(H,20,23)/b18-9-. The summed E-state index contributed by atoms with van der Waals surface area (Å²) in [6.07, 6.45) is 1.49. The maximum atomic E-state index is 9.84. The van der Waals surface area contributed by atoms with Gasteiger partial charge in [0.15, 0.2) is 5.82 Å². The second-order valence-corrected chi connectivity index (χ2v) is 5.80. The molecular formula is C16H13ClN4OS. The Morgan fingerprint density at radius 1 is 1.26 bits per heavy atom. The van der Waals surface area contributed by atoms with Crippen LogP contribution < -0.4 is 0 Å². The molecule has 0 atom stereocenters. The van der Waals surface area contributed by atoms with Crippen LogP contribution in [0.25, 0.3) is 11.4 Å². The third-order valence-electron chi connectivity index (χ3n) is 3.26. The van der Waals surface area contributed by atoms with Gasteiger partial charge in [0.2, 0.25) is 4.77 Å². The Hall–Kier alpha value is -2.44. The van der Waals surface area contributed by atoms with Gasteiger partial charge in [0, 0.05) is 16.1 Å². The van der Waals surface area contributed by atoms with Crippen LogP contribution in [-0.2, 0) is 0 Å². The van der Waals surface area contributed by atoms with E-state index in [4.69, 9.17) is 23.8 Å². The van der Waals surface area contributed by atoms with E-state index in [0.29, 0.717) is 21.2 Å². The number of rotatable bonds is 3. The summed E-state index contributed by atoms with van der Waals surface area (Å²) in [7, 11) is 0. The van der Waals surface area contributed by atoms with Crippen LogP contribution >= 0.6 is 23.8 Å². The summed E-state index contributed by atoms with van der Waals surface area (Å²) in [5, 5.41) is 21.6. The van der Waals surface area contributed by atoms with Crippen LogP contribution in [0.3, 0.4) is 0 Å². The monoisotopic (exact) mass is 344 g/mol. The molecule has 0 amide bonds. The lowest BCUT2D eigenvalue weighted by Gasteiger charge is -2.02. The number of phenolic OH excluding ortho intramolecular Hbond substituents is 1. The largest absolute Gasteiger partial charge is 0.507 e. The summed E-state index contributed by atoms with van der Waals surface area (Å²) < 4.78 is 1.86. The third-order valence-corrected chi connectivity index (χ3v) is 3.76.